The fourth-order valence-electron chi connectivity index (χ4n) is 2.64. The van der Waals surface area contributed by atoms with Crippen molar-refractivity contribution in [3.63, 3.8) is 0 Å². The fourth-order valence-corrected chi connectivity index (χ4v) is 4.28. The van der Waals surface area contributed by atoms with Crippen molar-refractivity contribution >= 4 is 45.6 Å². The molecule has 0 spiro atoms. The molecule has 0 aliphatic heterocycles. The van der Waals surface area contributed by atoms with Crippen molar-refractivity contribution in [3.8, 4) is 0 Å². The zero-order chi connectivity index (χ0) is 16.4. The number of hydrogen-bond acceptors (Lipinski definition) is 3. The van der Waals surface area contributed by atoms with Crippen molar-refractivity contribution < 1.29 is 4.79 Å². The van der Waals surface area contributed by atoms with Gasteiger partial charge < -0.3 is 0 Å². The van der Waals surface area contributed by atoms with Crippen LogP contribution < -0.4 is 4.90 Å². The number of aromatic nitrogens is 1. The number of carbonyl (C=O) groups is 1. The summed E-state index contributed by atoms with van der Waals surface area (Å²) in [6.07, 6.45) is 6.08. The quantitative estimate of drug-likeness (QED) is 0.699. The second-order valence-corrected chi connectivity index (χ2v) is 7.31. The number of halogens is 2. The second-order valence-electron chi connectivity index (χ2n) is 5.40. The molecule has 0 unspecified atom stereocenters. The van der Waals surface area contributed by atoms with E-state index < -0.39 is 0 Å². The molecular formula is C17H16Cl2N2OS. The number of thiazole rings is 1. The van der Waals surface area contributed by atoms with Gasteiger partial charge in [0, 0.05) is 16.4 Å². The van der Waals surface area contributed by atoms with E-state index in [0.29, 0.717) is 27.3 Å². The molecular weight excluding hydrogens is 351 g/mol. The Morgan fingerprint density at radius 3 is 2.83 bits per heavy atom. The second kappa shape index (κ2) is 7.04. The third-order valence-corrected chi connectivity index (χ3v) is 5.51. The maximum atomic E-state index is 12.9. The molecule has 1 amide bonds. The Balaban J connectivity index is 1.96. The average Bonchev–Trinajstić information content (AvgIpc) is 2.95. The van der Waals surface area contributed by atoms with Crippen molar-refractivity contribution in [2.24, 2.45) is 0 Å². The van der Waals surface area contributed by atoms with Crippen LogP contribution in [0, 0.1) is 0 Å². The first-order chi connectivity index (χ1) is 11.1. The minimum absolute atomic E-state index is 0.183. The van der Waals surface area contributed by atoms with Crippen molar-refractivity contribution in [2.45, 2.75) is 25.7 Å². The maximum absolute atomic E-state index is 12.9. The third kappa shape index (κ3) is 3.44. The molecule has 0 bridgehead atoms. The molecule has 1 aliphatic rings. The molecule has 1 aliphatic carbocycles. The van der Waals surface area contributed by atoms with E-state index in [1.165, 1.54) is 11.3 Å². The highest BCUT2D eigenvalue weighted by Crippen LogP contribution is 2.33. The van der Waals surface area contributed by atoms with Gasteiger partial charge in [0.1, 0.15) is 0 Å². The summed E-state index contributed by atoms with van der Waals surface area (Å²) in [4.78, 5) is 20.5. The summed E-state index contributed by atoms with van der Waals surface area (Å²) in [5.74, 6) is -0.183. The first-order valence-electron chi connectivity index (χ1n) is 7.46. The number of anilines is 1. The molecule has 6 heteroatoms. The topological polar surface area (TPSA) is 33.2 Å². The summed E-state index contributed by atoms with van der Waals surface area (Å²) >= 11 is 13.7. The van der Waals surface area contributed by atoms with Crippen LogP contribution in [0.25, 0.3) is 0 Å². The summed E-state index contributed by atoms with van der Waals surface area (Å²) in [6, 6.07) is 4.89. The van der Waals surface area contributed by atoms with Gasteiger partial charge in [-0.3, -0.25) is 9.69 Å². The maximum Gasteiger partial charge on any atom is 0.261 e. The molecule has 0 fully saturated rings. The molecule has 1 aromatic heterocycles. The van der Waals surface area contributed by atoms with Crippen LogP contribution in [-0.2, 0) is 12.8 Å². The molecule has 0 radical (unpaired) electrons. The summed E-state index contributed by atoms with van der Waals surface area (Å²) in [5.41, 5.74) is 1.55. The number of benzene rings is 1. The highest BCUT2D eigenvalue weighted by atomic mass is 35.5. The van der Waals surface area contributed by atoms with E-state index in [-0.39, 0.29) is 5.91 Å². The minimum atomic E-state index is -0.183. The fraction of sp³-hybridized carbons (Fsp3) is 0.294. The Labute approximate surface area is 149 Å². The van der Waals surface area contributed by atoms with Gasteiger partial charge in [-0.05, 0) is 43.9 Å². The van der Waals surface area contributed by atoms with Crippen LogP contribution in [0.15, 0.2) is 30.9 Å². The van der Waals surface area contributed by atoms with Gasteiger partial charge in [0.25, 0.3) is 5.91 Å². The molecule has 1 aromatic carbocycles. The number of hydrogen-bond donors (Lipinski definition) is 0. The summed E-state index contributed by atoms with van der Waals surface area (Å²) in [6.45, 7) is 4.14. The van der Waals surface area contributed by atoms with Gasteiger partial charge in [-0.1, -0.05) is 29.3 Å². The normalized spacial score (nSPS) is 13.5. The molecule has 3 nitrogen and oxygen atoms in total. The number of fused-ring (bicyclic) bond motifs is 1. The van der Waals surface area contributed by atoms with E-state index in [1.54, 1.807) is 40.5 Å². The monoisotopic (exact) mass is 366 g/mol. The van der Waals surface area contributed by atoms with Crippen LogP contribution in [-0.4, -0.2) is 17.4 Å². The highest BCUT2D eigenvalue weighted by molar-refractivity contribution is 7.16. The molecule has 120 valence electrons. The van der Waals surface area contributed by atoms with Gasteiger partial charge >= 0.3 is 0 Å². The van der Waals surface area contributed by atoms with Gasteiger partial charge in [-0.15, -0.1) is 17.9 Å². The SMILES string of the molecule is C=CCN(C(=O)c1ccc(Cl)cc1Cl)c1nc2c(s1)CCCC2. The molecule has 2 aromatic rings. The smallest absolute Gasteiger partial charge is 0.261 e. The van der Waals surface area contributed by atoms with E-state index >= 15 is 0 Å². The Morgan fingerprint density at radius 2 is 2.13 bits per heavy atom. The van der Waals surface area contributed by atoms with Crippen LogP contribution >= 0.6 is 34.5 Å². The van der Waals surface area contributed by atoms with E-state index in [0.717, 1.165) is 25.0 Å². The number of nitrogens with zero attached hydrogens (tertiary/aromatic N) is 2. The van der Waals surface area contributed by atoms with Gasteiger partial charge in [0.05, 0.1) is 16.3 Å². The Hall–Kier alpha value is -1.36. The lowest BCUT2D eigenvalue weighted by atomic mass is 10.0. The molecule has 3 rings (SSSR count). The zero-order valence-corrected chi connectivity index (χ0v) is 14.8. The molecule has 0 saturated heterocycles. The van der Waals surface area contributed by atoms with Gasteiger partial charge in [0.2, 0.25) is 0 Å². The number of amides is 1. The van der Waals surface area contributed by atoms with Crippen LogP contribution in [0.4, 0.5) is 5.13 Å². The van der Waals surface area contributed by atoms with Gasteiger partial charge in [-0.2, -0.15) is 0 Å². The lowest BCUT2D eigenvalue weighted by Crippen LogP contribution is -2.31. The standard InChI is InChI=1S/C17H16Cl2N2OS/c1-2-9-21(16(22)12-8-7-11(18)10-13(12)19)17-20-14-5-3-4-6-15(14)23-17/h2,7-8,10H,1,3-6,9H2. The van der Waals surface area contributed by atoms with Crippen molar-refractivity contribution in [1.82, 2.24) is 4.98 Å². The highest BCUT2D eigenvalue weighted by Gasteiger charge is 2.24. The summed E-state index contributed by atoms with van der Waals surface area (Å²) in [7, 11) is 0. The van der Waals surface area contributed by atoms with Crippen molar-refractivity contribution in [2.75, 3.05) is 11.4 Å². The lowest BCUT2D eigenvalue weighted by Gasteiger charge is -2.18. The van der Waals surface area contributed by atoms with Crippen LogP contribution in [0.2, 0.25) is 10.0 Å². The number of carbonyl (C=O) groups excluding carboxylic acids is 1. The van der Waals surface area contributed by atoms with E-state index in [4.69, 9.17) is 23.2 Å². The minimum Gasteiger partial charge on any atom is -0.280 e. The lowest BCUT2D eigenvalue weighted by molar-refractivity contribution is 0.0990. The Morgan fingerprint density at radius 1 is 1.35 bits per heavy atom. The molecule has 23 heavy (non-hydrogen) atoms. The first-order valence-corrected chi connectivity index (χ1v) is 9.04. The van der Waals surface area contributed by atoms with Gasteiger partial charge in [0.15, 0.2) is 5.13 Å². The van der Waals surface area contributed by atoms with Crippen molar-refractivity contribution in [3.05, 3.63) is 57.0 Å². The van der Waals surface area contributed by atoms with E-state index in [2.05, 4.69) is 11.6 Å². The van der Waals surface area contributed by atoms with Crippen LogP contribution in [0.1, 0.15) is 33.8 Å². The van der Waals surface area contributed by atoms with Crippen LogP contribution in [0.5, 0.6) is 0 Å². The predicted molar refractivity (Wildman–Crippen MR) is 97.1 cm³/mol. The van der Waals surface area contributed by atoms with Crippen LogP contribution in [0.3, 0.4) is 0 Å². The van der Waals surface area contributed by atoms with E-state index in [1.807, 2.05) is 0 Å². The third-order valence-electron chi connectivity index (χ3n) is 3.78. The number of rotatable bonds is 4. The molecule has 0 N–H and O–H groups in total. The molecule has 0 atom stereocenters. The van der Waals surface area contributed by atoms with E-state index in [9.17, 15) is 4.79 Å². The molecule has 1 heterocycles. The predicted octanol–water partition coefficient (Wildman–Crippen LogP) is 5.16. The number of aryl methyl sites for hydroxylation is 2. The zero-order valence-electron chi connectivity index (χ0n) is 12.5. The van der Waals surface area contributed by atoms with Gasteiger partial charge in [-0.25, -0.2) is 4.98 Å². The van der Waals surface area contributed by atoms with Crippen molar-refractivity contribution in [1.29, 1.82) is 0 Å². The Bertz CT molecular complexity index is 734. The average molecular weight is 367 g/mol. The molecule has 0 saturated carbocycles. The summed E-state index contributed by atoms with van der Waals surface area (Å²) in [5, 5.41) is 1.57. The Kier molecular flexibility index (Phi) is 5.05. The largest absolute Gasteiger partial charge is 0.280 e. The summed E-state index contributed by atoms with van der Waals surface area (Å²) < 4.78 is 0. The first kappa shape index (κ1) is 16.5.